The first-order chi connectivity index (χ1) is 13.5. The number of halogens is 1. The van der Waals surface area contributed by atoms with Crippen LogP contribution >= 0.6 is 11.6 Å². The number of amides is 3. The molecule has 0 saturated heterocycles. The number of ether oxygens (including phenoxy) is 1. The van der Waals surface area contributed by atoms with Gasteiger partial charge in [0.15, 0.2) is 0 Å². The Morgan fingerprint density at radius 3 is 2.11 bits per heavy atom. The van der Waals surface area contributed by atoms with E-state index < -0.39 is 5.91 Å². The highest BCUT2D eigenvalue weighted by molar-refractivity contribution is 6.30. The van der Waals surface area contributed by atoms with Gasteiger partial charge in [-0.25, -0.2) is 0 Å². The zero-order valence-electron chi connectivity index (χ0n) is 15.5. The van der Waals surface area contributed by atoms with E-state index >= 15 is 0 Å². The molecule has 2 aromatic rings. The van der Waals surface area contributed by atoms with Crippen LogP contribution in [0.3, 0.4) is 0 Å². The molecule has 0 atom stereocenters. The summed E-state index contributed by atoms with van der Waals surface area (Å²) in [6.45, 7) is 2.46. The lowest BCUT2D eigenvalue weighted by Crippen LogP contribution is -2.42. The average Bonchev–Trinajstić information content (AvgIpc) is 2.68. The van der Waals surface area contributed by atoms with Gasteiger partial charge in [0.2, 0.25) is 17.7 Å². The maximum atomic E-state index is 11.9. The normalized spacial score (nSPS) is 10.1. The quantitative estimate of drug-likeness (QED) is 0.590. The SMILES string of the molecule is CCOc1ccc(NC(=O)CCC(=O)NNC(=O)Cc2ccc(Cl)cc2)cc1. The Bertz CT molecular complexity index is 807. The van der Waals surface area contributed by atoms with Crippen LogP contribution in [0.1, 0.15) is 25.3 Å². The van der Waals surface area contributed by atoms with Crippen molar-refractivity contribution in [3.05, 3.63) is 59.1 Å². The minimum atomic E-state index is -0.453. The van der Waals surface area contributed by atoms with Crippen molar-refractivity contribution in [2.45, 2.75) is 26.2 Å². The monoisotopic (exact) mass is 403 g/mol. The molecule has 0 aliphatic rings. The van der Waals surface area contributed by atoms with Gasteiger partial charge in [-0.1, -0.05) is 23.7 Å². The second-order valence-corrected chi connectivity index (χ2v) is 6.34. The first-order valence-corrected chi connectivity index (χ1v) is 9.19. The van der Waals surface area contributed by atoms with Gasteiger partial charge in [0.1, 0.15) is 5.75 Å². The minimum Gasteiger partial charge on any atom is -0.494 e. The molecule has 28 heavy (non-hydrogen) atoms. The fourth-order valence-electron chi connectivity index (χ4n) is 2.29. The van der Waals surface area contributed by atoms with Crippen LogP contribution in [0.25, 0.3) is 0 Å². The number of rotatable bonds is 8. The van der Waals surface area contributed by atoms with E-state index in [2.05, 4.69) is 16.2 Å². The summed E-state index contributed by atoms with van der Waals surface area (Å²) in [5.41, 5.74) is 6.00. The first-order valence-electron chi connectivity index (χ1n) is 8.81. The van der Waals surface area contributed by atoms with Crippen molar-refractivity contribution >= 4 is 35.0 Å². The number of carbonyl (C=O) groups is 3. The molecule has 8 heteroatoms. The summed E-state index contributed by atoms with van der Waals surface area (Å²) in [6.07, 6.45) is 0.0475. The fraction of sp³-hybridized carbons (Fsp3) is 0.250. The molecule has 0 saturated carbocycles. The predicted octanol–water partition coefficient (Wildman–Crippen LogP) is 2.85. The molecule has 148 valence electrons. The zero-order chi connectivity index (χ0) is 20.4. The molecule has 0 aliphatic carbocycles. The van der Waals surface area contributed by atoms with E-state index in [0.717, 1.165) is 5.56 Å². The molecule has 3 N–H and O–H groups in total. The molecule has 0 unspecified atom stereocenters. The van der Waals surface area contributed by atoms with Gasteiger partial charge in [0.25, 0.3) is 0 Å². The fourth-order valence-corrected chi connectivity index (χ4v) is 2.41. The molecule has 0 spiro atoms. The molecule has 0 radical (unpaired) electrons. The van der Waals surface area contributed by atoms with Crippen LogP contribution in [0.5, 0.6) is 5.75 Å². The Kier molecular flexibility index (Phi) is 8.30. The predicted molar refractivity (Wildman–Crippen MR) is 107 cm³/mol. The van der Waals surface area contributed by atoms with Crippen molar-refractivity contribution in [1.29, 1.82) is 0 Å². The molecule has 3 amide bonds. The van der Waals surface area contributed by atoms with Crippen molar-refractivity contribution in [2.24, 2.45) is 0 Å². The van der Waals surface area contributed by atoms with E-state index in [1.807, 2.05) is 6.92 Å². The van der Waals surface area contributed by atoms with Gasteiger partial charge in [-0.15, -0.1) is 0 Å². The molecule has 0 fully saturated rings. The summed E-state index contributed by atoms with van der Waals surface area (Å²) < 4.78 is 5.33. The van der Waals surface area contributed by atoms with Crippen LogP contribution in [0.2, 0.25) is 5.02 Å². The van der Waals surface area contributed by atoms with E-state index in [0.29, 0.717) is 23.1 Å². The Morgan fingerprint density at radius 2 is 1.46 bits per heavy atom. The molecular formula is C20H22ClN3O4. The van der Waals surface area contributed by atoms with Crippen LogP contribution in [-0.4, -0.2) is 24.3 Å². The number of nitrogens with one attached hydrogen (secondary N) is 3. The number of hydrogen-bond donors (Lipinski definition) is 3. The van der Waals surface area contributed by atoms with Gasteiger partial charge in [-0.3, -0.25) is 25.2 Å². The number of benzene rings is 2. The maximum Gasteiger partial charge on any atom is 0.242 e. The molecule has 2 rings (SSSR count). The Hall–Kier alpha value is -3.06. The third-order valence-corrected chi connectivity index (χ3v) is 3.90. The minimum absolute atomic E-state index is 0.00784. The Labute approximate surface area is 168 Å². The molecule has 7 nitrogen and oxygen atoms in total. The highest BCUT2D eigenvalue weighted by Crippen LogP contribution is 2.15. The third kappa shape index (κ3) is 7.67. The van der Waals surface area contributed by atoms with E-state index in [1.54, 1.807) is 48.5 Å². The standard InChI is InChI=1S/C20H22ClN3O4/c1-2-28-17-9-7-16(8-10-17)22-18(25)11-12-19(26)23-24-20(27)13-14-3-5-15(21)6-4-14/h3-10H,2,11-13H2,1H3,(H,22,25)(H,23,26)(H,24,27). The molecule has 2 aromatic carbocycles. The second-order valence-electron chi connectivity index (χ2n) is 5.91. The highest BCUT2D eigenvalue weighted by Gasteiger charge is 2.09. The molecule has 0 bridgehead atoms. The average molecular weight is 404 g/mol. The molecule has 0 aliphatic heterocycles. The number of hydrazine groups is 1. The van der Waals surface area contributed by atoms with Crippen LogP contribution < -0.4 is 20.9 Å². The first kappa shape index (κ1) is 21.2. The Morgan fingerprint density at radius 1 is 0.857 bits per heavy atom. The topological polar surface area (TPSA) is 96.5 Å². The van der Waals surface area contributed by atoms with E-state index in [-0.39, 0.29) is 31.1 Å². The van der Waals surface area contributed by atoms with Gasteiger partial charge < -0.3 is 10.1 Å². The Balaban J connectivity index is 1.66. The van der Waals surface area contributed by atoms with Gasteiger partial charge in [-0.05, 0) is 48.9 Å². The van der Waals surface area contributed by atoms with Gasteiger partial charge >= 0.3 is 0 Å². The largest absolute Gasteiger partial charge is 0.494 e. The van der Waals surface area contributed by atoms with Crippen molar-refractivity contribution < 1.29 is 19.1 Å². The van der Waals surface area contributed by atoms with Crippen LogP contribution in [0, 0.1) is 0 Å². The lowest BCUT2D eigenvalue weighted by molar-refractivity contribution is -0.129. The number of anilines is 1. The van der Waals surface area contributed by atoms with E-state index in [1.165, 1.54) is 0 Å². The second kappa shape index (κ2) is 10.9. The smallest absolute Gasteiger partial charge is 0.242 e. The van der Waals surface area contributed by atoms with E-state index in [9.17, 15) is 14.4 Å². The molecular weight excluding hydrogens is 382 g/mol. The molecule has 0 heterocycles. The summed E-state index contributed by atoms with van der Waals surface area (Å²) in [5, 5.41) is 3.28. The van der Waals surface area contributed by atoms with Crippen molar-refractivity contribution in [3.8, 4) is 5.75 Å². The van der Waals surface area contributed by atoms with Crippen LogP contribution in [0.15, 0.2) is 48.5 Å². The zero-order valence-corrected chi connectivity index (χ0v) is 16.2. The summed E-state index contributed by atoms with van der Waals surface area (Å²) in [4.78, 5) is 35.5. The summed E-state index contributed by atoms with van der Waals surface area (Å²) in [5.74, 6) is -0.401. The lowest BCUT2D eigenvalue weighted by Gasteiger charge is -2.09. The molecule has 0 aromatic heterocycles. The summed E-state index contributed by atoms with van der Waals surface area (Å²) in [7, 11) is 0. The number of hydrogen-bond acceptors (Lipinski definition) is 4. The van der Waals surface area contributed by atoms with E-state index in [4.69, 9.17) is 16.3 Å². The summed E-state index contributed by atoms with van der Waals surface area (Å²) >= 11 is 5.79. The van der Waals surface area contributed by atoms with Crippen molar-refractivity contribution in [3.63, 3.8) is 0 Å². The lowest BCUT2D eigenvalue weighted by atomic mass is 10.1. The van der Waals surface area contributed by atoms with Gasteiger partial charge in [0.05, 0.1) is 13.0 Å². The van der Waals surface area contributed by atoms with Crippen molar-refractivity contribution in [1.82, 2.24) is 10.9 Å². The third-order valence-electron chi connectivity index (χ3n) is 3.65. The highest BCUT2D eigenvalue weighted by atomic mass is 35.5. The van der Waals surface area contributed by atoms with Gasteiger partial charge in [0, 0.05) is 23.6 Å². The number of carbonyl (C=O) groups excluding carboxylic acids is 3. The summed E-state index contributed by atoms with van der Waals surface area (Å²) in [6, 6.07) is 13.8. The van der Waals surface area contributed by atoms with Crippen LogP contribution in [0.4, 0.5) is 5.69 Å². The maximum absolute atomic E-state index is 11.9. The van der Waals surface area contributed by atoms with Crippen molar-refractivity contribution in [2.75, 3.05) is 11.9 Å². The van der Waals surface area contributed by atoms with Gasteiger partial charge in [-0.2, -0.15) is 0 Å². The van der Waals surface area contributed by atoms with Crippen LogP contribution in [-0.2, 0) is 20.8 Å².